The van der Waals surface area contributed by atoms with E-state index in [1.807, 2.05) is 60.7 Å². The van der Waals surface area contributed by atoms with Crippen molar-refractivity contribution in [1.29, 1.82) is 0 Å². The summed E-state index contributed by atoms with van der Waals surface area (Å²) in [4.78, 5) is 44.5. The Balaban J connectivity index is 1.13. The molecule has 1 saturated heterocycles. The first-order valence-electron chi connectivity index (χ1n) is 14.2. The van der Waals surface area contributed by atoms with Crippen LogP contribution in [0, 0.1) is 5.92 Å². The van der Waals surface area contributed by atoms with Gasteiger partial charge < -0.3 is 15.5 Å². The van der Waals surface area contributed by atoms with E-state index in [9.17, 15) is 14.4 Å². The number of likely N-dealkylation sites (tertiary alicyclic amines) is 1. The third-order valence-corrected chi connectivity index (χ3v) is 8.58. The van der Waals surface area contributed by atoms with E-state index in [0.717, 1.165) is 63.1 Å². The predicted molar refractivity (Wildman–Crippen MR) is 156 cm³/mol. The summed E-state index contributed by atoms with van der Waals surface area (Å²) in [7, 11) is 2.11. The Morgan fingerprint density at radius 1 is 0.825 bits per heavy atom. The highest BCUT2D eigenvalue weighted by Gasteiger charge is 2.49. The number of carbonyl (C=O) groups excluding carboxylic acids is 3. The summed E-state index contributed by atoms with van der Waals surface area (Å²) < 4.78 is 0. The third kappa shape index (κ3) is 5.31. The highest BCUT2D eigenvalue weighted by Crippen LogP contribution is 2.43. The lowest BCUT2D eigenvalue weighted by atomic mass is 9.64. The van der Waals surface area contributed by atoms with Crippen LogP contribution in [0.4, 0.5) is 0 Å². The van der Waals surface area contributed by atoms with Gasteiger partial charge in [-0.3, -0.25) is 19.3 Å². The Morgan fingerprint density at radius 3 is 1.93 bits per heavy atom. The zero-order valence-electron chi connectivity index (χ0n) is 23.2. The summed E-state index contributed by atoms with van der Waals surface area (Å²) in [6.07, 6.45) is 2.58. The van der Waals surface area contributed by atoms with E-state index in [4.69, 9.17) is 5.73 Å². The lowest BCUT2D eigenvalue weighted by Crippen LogP contribution is -2.49. The average molecular weight is 539 g/mol. The van der Waals surface area contributed by atoms with Crippen molar-refractivity contribution in [2.24, 2.45) is 11.7 Å². The molecule has 2 heterocycles. The number of likely N-dealkylation sites (N-methyl/N-ethyl adjacent to an activating group) is 1. The highest BCUT2D eigenvalue weighted by atomic mass is 16.2. The van der Waals surface area contributed by atoms with E-state index in [-0.39, 0.29) is 23.6 Å². The summed E-state index contributed by atoms with van der Waals surface area (Å²) in [5.74, 6) is -0.585. The van der Waals surface area contributed by atoms with Gasteiger partial charge in [-0.25, -0.2) is 0 Å². The van der Waals surface area contributed by atoms with Crippen molar-refractivity contribution in [1.82, 2.24) is 14.7 Å². The Labute approximate surface area is 236 Å². The molecule has 2 N–H and O–H groups in total. The van der Waals surface area contributed by atoms with E-state index in [1.165, 1.54) is 4.90 Å². The molecule has 2 aliphatic heterocycles. The van der Waals surface area contributed by atoms with Crippen molar-refractivity contribution in [3.8, 4) is 0 Å². The zero-order valence-corrected chi connectivity index (χ0v) is 23.2. The molecular formula is C33H38N4O3. The predicted octanol–water partition coefficient (Wildman–Crippen LogP) is 3.79. The number of rotatable bonds is 12. The van der Waals surface area contributed by atoms with Crippen molar-refractivity contribution >= 4 is 17.7 Å². The van der Waals surface area contributed by atoms with Crippen LogP contribution in [0.25, 0.3) is 0 Å². The molecule has 0 radical (unpaired) electrons. The first-order valence-corrected chi connectivity index (χ1v) is 14.2. The standard InChI is InChI=1S/C33H38N4O3/c1-35(19-10-11-20-37-30(38)28-16-8-9-17-29(28)31(37)39)22-23-36-21-18-27(24-36)33(32(34)40,25-12-4-2-5-13-25)26-14-6-3-7-15-26/h2-9,12-17,27H,10-11,18-24H2,1H3,(H2,34,40)/t27-/m1/s1. The summed E-state index contributed by atoms with van der Waals surface area (Å²) in [5, 5.41) is 0. The SMILES string of the molecule is CN(CCCCN1C(=O)c2ccccc2C1=O)CCN1CC[C@@H](C(C(N)=O)(c2ccccc2)c2ccccc2)C1. The molecule has 0 bridgehead atoms. The van der Waals surface area contributed by atoms with Crippen molar-refractivity contribution in [2.75, 3.05) is 46.3 Å². The molecule has 7 nitrogen and oxygen atoms in total. The molecule has 0 saturated carbocycles. The molecule has 1 fully saturated rings. The topological polar surface area (TPSA) is 87.0 Å². The van der Waals surface area contributed by atoms with Crippen LogP contribution >= 0.6 is 0 Å². The fourth-order valence-corrected chi connectivity index (χ4v) is 6.43. The number of primary amides is 1. The maximum atomic E-state index is 13.3. The maximum Gasteiger partial charge on any atom is 0.261 e. The molecule has 1 atom stereocenters. The van der Waals surface area contributed by atoms with Crippen molar-refractivity contribution in [3.05, 3.63) is 107 Å². The Morgan fingerprint density at radius 2 is 1.38 bits per heavy atom. The molecule has 0 aliphatic carbocycles. The molecule has 5 rings (SSSR count). The Bertz CT molecular complexity index is 1270. The number of amides is 3. The number of nitrogens with two attached hydrogens (primary N) is 1. The van der Waals surface area contributed by atoms with Crippen molar-refractivity contribution < 1.29 is 14.4 Å². The lowest BCUT2D eigenvalue weighted by Gasteiger charge is -2.37. The van der Waals surface area contributed by atoms with E-state index in [0.29, 0.717) is 17.7 Å². The van der Waals surface area contributed by atoms with Crippen molar-refractivity contribution in [3.63, 3.8) is 0 Å². The van der Waals surface area contributed by atoms with Crippen LogP contribution in [0.15, 0.2) is 84.9 Å². The minimum atomic E-state index is -0.868. The number of hydrogen-bond donors (Lipinski definition) is 1. The molecule has 0 unspecified atom stereocenters. The number of imide groups is 1. The molecule has 2 aliphatic rings. The van der Waals surface area contributed by atoms with E-state index < -0.39 is 5.41 Å². The second-order valence-electron chi connectivity index (χ2n) is 11.0. The van der Waals surface area contributed by atoms with E-state index in [1.54, 1.807) is 24.3 Å². The highest BCUT2D eigenvalue weighted by molar-refractivity contribution is 6.21. The maximum absolute atomic E-state index is 13.3. The molecule has 7 heteroatoms. The van der Waals surface area contributed by atoms with Gasteiger partial charge >= 0.3 is 0 Å². The minimum absolute atomic E-state index is 0.0831. The lowest BCUT2D eigenvalue weighted by molar-refractivity contribution is -0.123. The molecule has 3 aromatic carbocycles. The van der Waals surface area contributed by atoms with Gasteiger partial charge in [0.25, 0.3) is 11.8 Å². The smallest absolute Gasteiger partial charge is 0.261 e. The second kappa shape index (κ2) is 12.1. The van der Waals surface area contributed by atoms with Gasteiger partial charge in [-0.15, -0.1) is 0 Å². The van der Waals surface area contributed by atoms with Crippen LogP contribution in [0.5, 0.6) is 0 Å². The fourth-order valence-electron chi connectivity index (χ4n) is 6.43. The van der Waals surface area contributed by atoms with Gasteiger partial charge in [-0.1, -0.05) is 72.8 Å². The van der Waals surface area contributed by atoms with Gasteiger partial charge in [0.05, 0.1) is 11.1 Å². The van der Waals surface area contributed by atoms with E-state index >= 15 is 0 Å². The summed E-state index contributed by atoms with van der Waals surface area (Å²) >= 11 is 0. The minimum Gasteiger partial charge on any atom is -0.369 e. The zero-order chi connectivity index (χ0) is 28.1. The molecule has 40 heavy (non-hydrogen) atoms. The Hall–Kier alpha value is -3.81. The average Bonchev–Trinajstić information content (AvgIpc) is 3.54. The molecule has 3 aromatic rings. The van der Waals surface area contributed by atoms with Gasteiger partial charge in [-0.05, 0) is 68.6 Å². The number of carbonyl (C=O) groups is 3. The van der Waals surface area contributed by atoms with Gasteiger partial charge in [-0.2, -0.15) is 0 Å². The van der Waals surface area contributed by atoms with Gasteiger partial charge in [0.2, 0.25) is 5.91 Å². The number of unbranched alkanes of at least 4 members (excludes halogenated alkanes) is 1. The normalized spacial score (nSPS) is 17.6. The van der Waals surface area contributed by atoms with Crippen LogP contribution in [-0.4, -0.2) is 78.7 Å². The molecule has 0 spiro atoms. The summed E-state index contributed by atoms with van der Waals surface area (Å²) in [6.45, 7) is 4.87. The van der Waals surface area contributed by atoms with Crippen LogP contribution in [0.1, 0.15) is 51.1 Å². The molecule has 208 valence electrons. The fraction of sp³-hybridized carbons (Fsp3) is 0.364. The van der Waals surface area contributed by atoms with Crippen LogP contribution in [0.2, 0.25) is 0 Å². The molecule has 0 aromatic heterocycles. The van der Waals surface area contributed by atoms with Gasteiger partial charge in [0, 0.05) is 26.2 Å². The van der Waals surface area contributed by atoms with Gasteiger partial charge in [0.15, 0.2) is 0 Å². The largest absolute Gasteiger partial charge is 0.369 e. The molecule has 3 amide bonds. The van der Waals surface area contributed by atoms with E-state index in [2.05, 4.69) is 16.8 Å². The summed E-state index contributed by atoms with van der Waals surface area (Å²) in [5.41, 5.74) is 8.28. The Kier molecular flexibility index (Phi) is 8.43. The monoisotopic (exact) mass is 538 g/mol. The molecular weight excluding hydrogens is 500 g/mol. The first-order chi connectivity index (χ1) is 19.4. The number of nitrogens with zero attached hydrogens (tertiary/aromatic N) is 3. The quantitative estimate of drug-likeness (QED) is 0.280. The summed E-state index contributed by atoms with van der Waals surface area (Å²) in [6, 6.07) is 27.0. The van der Waals surface area contributed by atoms with Gasteiger partial charge in [0.1, 0.15) is 5.41 Å². The second-order valence-corrected chi connectivity index (χ2v) is 11.0. The number of benzene rings is 3. The number of hydrogen-bond acceptors (Lipinski definition) is 5. The first kappa shape index (κ1) is 27.7. The van der Waals surface area contributed by atoms with Crippen molar-refractivity contribution in [2.45, 2.75) is 24.7 Å². The third-order valence-electron chi connectivity index (χ3n) is 8.58. The number of fused-ring (bicyclic) bond motifs is 1. The van der Waals surface area contributed by atoms with Crippen LogP contribution < -0.4 is 5.73 Å². The van der Waals surface area contributed by atoms with Crippen LogP contribution in [-0.2, 0) is 10.2 Å². The van der Waals surface area contributed by atoms with Crippen LogP contribution in [0.3, 0.4) is 0 Å².